The summed E-state index contributed by atoms with van der Waals surface area (Å²) in [5.41, 5.74) is 3.45. The molecule has 0 saturated heterocycles. The van der Waals surface area contributed by atoms with E-state index in [-0.39, 0.29) is 0 Å². The molecule has 7 heteroatoms. The van der Waals surface area contributed by atoms with Crippen molar-refractivity contribution < 1.29 is 8.49 Å². The van der Waals surface area contributed by atoms with Crippen LogP contribution < -0.4 is 5.48 Å². The van der Waals surface area contributed by atoms with Crippen LogP contribution >= 0.6 is 0 Å². The number of benzene rings is 1. The van der Waals surface area contributed by atoms with Crippen molar-refractivity contribution in [3.63, 3.8) is 0 Å². The second-order valence-corrected chi connectivity index (χ2v) is 5.64. The van der Waals surface area contributed by atoms with Gasteiger partial charge in [0.2, 0.25) is 11.1 Å². The third-order valence-corrected chi connectivity index (χ3v) is 4.18. The first kappa shape index (κ1) is 18.9. The van der Waals surface area contributed by atoms with E-state index in [1.807, 2.05) is 57.8 Å². The minimum Gasteiger partial charge on any atom is -0.317 e. The Labute approximate surface area is 140 Å². The predicted octanol–water partition coefficient (Wildman–Crippen LogP) is 3.09. The molecule has 0 aromatic heterocycles. The summed E-state index contributed by atoms with van der Waals surface area (Å²) in [5, 5.41) is 5.74. The van der Waals surface area contributed by atoms with Gasteiger partial charge < -0.3 is 4.90 Å². The first-order chi connectivity index (χ1) is 10.9. The molecule has 0 fully saturated rings. The van der Waals surface area contributed by atoms with E-state index in [0.29, 0.717) is 16.5 Å². The average molecular weight is 336 g/mol. The predicted molar refractivity (Wildman–Crippen MR) is 94.1 cm³/mol. The summed E-state index contributed by atoms with van der Waals surface area (Å²) in [6, 6.07) is 7.31. The molecule has 0 aliphatic carbocycles. The molecular weight excluding hydrogens is 312 g/mol. The van der Waals surface area contributed by atoms with E-state index < -0.39 is 11.1 Å². The summed E-state index contributed by atoms with van der Waals surface area (Å²) in [6.45, 7) is 15.4. The van der Waals surface area contributed by atoms with E-state index in [4.69, 9.17) is 4.28 Å². The van der Waals surface area contributed by atoms with Crippen LogP contribution in [0.1, 0.15) is 26.3 Å². The van der Waals surface area contributed by atoms with Crippen molar-refractivity contribution in [2.75, 3.05) is 7.05 Å². The maximum absolute atomic E-state index is 12.1. The van der Waals surface area contributed by atoms with Gasteiger partial charge in [-0.3, -0.25) is 0 Å². The number of hydroxylamine groups is 1. The van der Waals surface area contributed by atoms with Gasteiger partial charge in [-0.15, -0.1) is 0 Å². The Balaban J connectivity index is 0.00000127. The number of nitrogens with zero attached hydrogens (tertiary/aromatic N) is 3. The first-order valence-corrected chi connectivity index (χ1v) is 8.37. The largest absolute Gasteiger partial charge is 0.317 e. The highest BCUT2D eigenvalue weighted by Gasteiger charge is 2.23. The number of hydrazone groups is 1. The van der Waals surface area contributed by atoms with Gasteiger partial charge in [0.15, 0.2) is 0 Å². The minimum absolute atomic E-state index is 0.339. The fraction of sp³-hybridized carbons (Fsp3) is 0.312. The lowest BCUT2D eigenvalue weighted by Crippen LogP contribution is -2.28. The molecule has 1 atom stereocenters. The maximum Gasteiger partial charge on any atom is 0.212 e. The van der Waals surface area contributed by atoms with Crippen molar-refractivity contribution in [2.45, 2.75) is 32.6 Å². The number of amidine groups is 1. The van der Waals surface area contributed by atoms with Crippen LogP contribution in [0, 0.1) is 6.92 Å². The monoisotopic (exact) mass is 336 g/mol. The Morgan fingerprint density at radius 1 is 1.30 bits per heavy atom. The van der Waals surface area contributed by atoms with Crippen LogP contribution in [0.4, 0.5) is 0 Å². The smallest absolute Gasteiger partial charge is 0.212 e. The standard InChI is InChI=1S/C14H18N4O2S.C2H6/c1-10-8-6-7-9-14(10)21(19)20-16-12(3)18-13(4)17(5)11(2)15-18;1-2/h6-9,16H,3-4H2,1-2,5H3;1-2H3. The van der Waals surface area contributed by atoms with Gasteiger partial charge in [0.05, 0.1) is 4.90 Å². The van der Waals surface area contributed by atoms with Gasteiger partial charge >= 0.3 is 0 Å². The fourth-order valence-corrected chi connectivity index (χ4v) is 2.51. The molecule has 1 aromatic carbocycles. The molecule has 1 heterocycles. The van der Waals surface area contributed by atoms with Crippen molar-refractivity contribution in [3.05, 3.63) is 54.6 Å². The van der Waals surface area contributed by atoms with Crippen molar-refractivity contribution in [2.24, 2.45) is 5.10 Å². The zero-order valence-corrected chi connectivity index (χ0v) is 15.1. The average Bonchev–Trinajstić information content (AvgIpc) is 2.82. The number of nitrogens with one attached hydrogen (secondary N) is 1. The molecule has 1 aromatic rings. The van der Waals surface area contributed by atoms with Gasteiger partial charge in [0, 0.05) is 7.05 Å². The molecule has 23 heavy (non-hydrogen) atoms. The van der Waals surface area contributed by atoms with Gasteiger partial charge in [-0.25, -0.2) is 9.69 Å². The lowest BCUT2D eigenvalue weighted by atomic mass is 10.2. The Hall–Kier alpha value is -2.12. The van der Waals surface area contributed by atoms with Crippen molar-refractivity contribution in [3.8, 4) is 0 Å². The van der Waals surface area contributed by atoms with Gasteiger partial charge in [0.25, 0.3) is 0 Å². The second-order valence-electron chi connectivity index (χ2n) is 4.57. The Morgan fingerprint density at radius 2 is 1.91 bits per heavy atom. The summed E-state index contributed by atoms with van der Waals surface area (Å²) in [5.74, 6) is 1.75. The lowest BCUT2D eigenvalue weighted by molar-refractivity contribution is 0.208. The van der Waals surface area contributed by atoms with Crippen molar-refractivity contribution in [1.29, 1.82) is 0 Å². The summed E-state index contributed by atoms with van der Waals surface area (Å²) < 4.78 is 17.2. The number of hydrogen-bond donors (Lipinski definition) is 1. The highest BCUT2D eigenvalue weighted by molar-refractivity contribution is 7.80. The Bertz CT molecular complexity index is 643. The second kappa shape index (κ2) is 8.50. The zero-order chi connectivity index (χ0) is 17.6. The van der Waals surface area contributed by atoms with Crippen LogP contribution in [0.2, 0.25) is 0 Å². The number of rotatable bonds is 5. The molecule has 2 rings (SSSR count). The van der Waals surface area contributed by atoms with Crippen LogP contribution in [0.25, 0.3) is 0 Å². The SMILES string of the molecule is C=C(NOS(=O)c1ccccc1C)N1N=C(C)N(C)C1=C.CC. The molecule has 1 aliphatic heterocycles. The lowest BCUT2D eigenvalue weighted by Gasteiger charge is -2.20. The van der Waals surface area contributed by atoms with E-state index in [0.717, 1.165) is 11.4 Å². The van der Waals surface area contributed by atoms with Gasteiger partial charge in [-0.2, -0.15) is 14.4 Å². The van der Waals surface area contributed by atoms with Gasteiger partial charge in [0.1, 0.15) is 17.5 Å². The zero-order valence-electron chi connectivity index (χ0n) is 14.3. The topological polar surface area (TPSA) is 57.2 Å². The molecule has 1 unspecified atom stereocenters. The molecular formula is C16H24N4O2S. The first-order valence-electron chi connectivity index (χ1n) is 7.29. The molecule has 0 amide bonds. The normalized spacial score (nSPS) is 14.8. The van der Waals surface area contributed by atoms with Crippen LogP contribution in [0.15, 0.2) is 59.1 Å². The molecule has 0 spiro atoms. The summed E-state index contributed by atoms with van der Waals surface area (Å²) >= 11 is -1.63. The molecule has 0 radical (unpaired) electrons. The van der Waals surface area contributed by atoms with E-state index >= 15 is 0 Å². The highest BCUT2D eigenvalue weighted by atomic mass is 32.2. The van der Waals surface area contributed by atoms with Crippen LogP contribution in [0.5, 0.6) is 0 Å². The molecule has 1 N–H and O–H groups in total. The maximum atomic E-state index is 12.1. The summed E-state index contributed by atoms with van der Waals surface area (Å²) in [7, 11) is 1.85. The number of aryl methyl sites for hydroxylation is 1. The summed E-state index contributed by atoms with van der Waals surface area (Å²) in [6.07, 6.45) is 0. The quantitative estimate of drug-likeness (QED) is 0.838. The number of hydrogen-bond acceptors (Lipinski definition) is 6. The van der Waals surface area contributed by atoms with Crippen molar-refractivity contribution in [1.82, 2.24) is 15.4 Å². The van der Waals surface area contributed by atoms with E-state index in [2.05, 4.69) is 23.7 Å². The molecule has 6 nitrogen and oxygen atoms in total. The Morgan fingerprint density at radius 3 is 2.43 bits per heavy atom. The van der Waals surface area contributed by atoms with Gasteiger partial charge in [-0.1, -0.05) is 45.2 Å². The van der Waals surface area contributed by atoms with Crippen LogP contribution in [-0.2, 0) is 15.4 Å². The third-order valence-electron chi connectivity index (χ3n) is 3.13. The Kier molecular flexibility index (Phi) is 6.99. The fourth-order valence-electron chi connectivity index (χ4n) is 1.73. The third kappa shape index (κ3) is 4.43. The van der Waals surface area contributed by atoms with Crippen molar-refractivity contribution >= 4 is 16.9 Å². The minimum atomic E-state index is -1.63. The molecule has 126 valence electrons. The molecule has 0 saturated carbocycles. The van der Waals surface area contributed by atoms with E-state index in [1.54, 1.807) is 6.07 Å². The van der Waals surface area contributed by atoms with E-state index in [9.17, 15) is 4.21 Å². The van der Waals surface area contributed by atoms with Gasteiger partial charge in [-0.05, 0) is 25.5 Å². The molecule has 1 aliphatic rings. The highest BCUT2D eigenvalue weighted by Crippen LogP contribution is 2.20. The molecule has 0 bridgehead atoms. The van der Waals surface area contributed by atoms with Crippen LogP contribution in [0.3, 0.4) is 0 Å². The van der Waals surface area contributed by atoms with Crippen LogP contribution in [-0.4, -0.2) is 27.0 Å². The van der Waals surface area contributed by atoms with E-state index in [1.165, 1.54) is 5.01 Å². The summed E-state index contributed by atoms with van der Waals surface area (Å²) in [4.78, 5) is 2.42.